The Labute approximate surface area is 97.6 Å². The van der Waals surface area contributed by atoms with Gasteiger partial charge in [-0.3, -0.25) is 4.79 Å². The van der Waals surface area contributed by atoms with Crippen LogP contribution < -0.4 is 9.74 Å². The van der Waals surface area contributed by atoms with E-state index in [1.165, 1.54) is 10.6 Å². The largest absolute Gasteiger partial charge is 0.345 e. The maximum atomic E-state index is 11.7. The number of aromatic nitrogens is 1. The van der Waals surface area contributed by atoms with Gasteiger partial charge < -0.3 is 5.32 Å². The number of pyridine rings is 1. The fourth-order valence-electron chi connectivity index (χ4n) is 1.38. The molecule has 5 nitrogen and oxygen atoms in total. The SMILES string of the molecule is C=CN=C1CNC(=O)c2cccnc2N1Cl. The lowest BCUT2D eigenvalue weighted by Gasteiger charge is -2.13. The summed E-state index contributed by atoms with van der Waals surface area (Å²) >= 11 is 6.06. The van der Waals surface area contributed by atoms with E-state index in [0.29, 0.717) is 17.2 Å². The predicted molar refractivity (Wildman–Crippen MR) is 62.5 cm³/mol. The quantitative estimate of drug-likeness (QED) is 0.749. The van der Waals surface area contributed by atoms with Gasteiger partial charge in [0.2, 0.25) is 0 Å². The molecule has 0 unspecified atom stereocenters. The van der Waals surface area contributed by atoms with Crippen molar-refractivity contribution in [2.24, 2.45) is 4.99 Å². The van der Waals surface area contributed by atoms with Crippen LogP contribution in [0.4, 0.5) is 5.82 Å². The van der Waals surface area contributed by atoms with Crippen LogP contribution in [0.15, 0.2) is 36.1 Å². The first-order valence-corrected chi connectivity index (χ1v) is 4.94. The number of carbonyl (C=O) groups excluding carboxylic acids is 1. The number of carbonyl (C=O) groups is 1. The van der Waals surface area contributed by atoms with E-state index in [4.69, 9.17) is 11.8 Å². The normalized spacial score (nSPS) is 17.7. The molecule has 0 radical (unpaired) electrons. The average Bonchev–Trinajstić information content (AvgIpc) is 2.43. The fraction of sp³-hybridized carbons (Fsp3) is 0.100. The number of nitrogens with zero attached hydrogens (tertiary/aromatic N) is 3. The van der Waals surface area contributed by atoms with Crippen LogP contribution in [0.25, 0.3) is 0 Å². The first kappa shape index (κ1) is 10.6. The maximum absolute atomic E-state index is 11.7. The number of amides is 1. The van der Waals surface area contributed by atoms with Crippen molar-refractivity contribution in [3.8, 4) is 0 Å². The van der Waals surface area contributed by atoms with Gasteiger partial charge in [-0.05, 0) is 12.1 Å². The lowest BCUT2D eigenvalue weighted by molar-refractivity contribution is 0.0961. The Morgan fingerprint density at radius 2 is 2.50 bits per heavy atom. The lowest BCUT2D eigenvalue weighted by Crippen LogP contribution is -2.31. The minimum absolute atomic E-state index is 0.219. The van der Waals surface area contributed by atoms with Gasteiger partial charge in [0.25, 0.3) is 5.91 Å². The van der Waals surface area contributed by atoms with E-state index < -0.39 is 0 Å². The van der Waals surface area contributed by atoms with Gasteiger partial charge in [-0.25, -0.2) is 14.4 Å². The number of hydrogen-bond donors (Lipinski definition) is 1. The van der Waals surface area contributed by atoms with E-state index in [0.717, 1.165) is 0 Å². The molecular weight excluding hydrogens is 228 g/mol. The number of aliphatic imine (C=N–C) groups is 1. The third-order valence-electron chi connectivity index (χ3n) is 2.09. The van der Waals surface area contributed by atoms with Crippen molar-refractivity contribution in [3.63, 3.8) is 0 Å². The van der Waals surface area contributed by atoms with Crippen LogP contribution in [0.3, 0.4) is 0 Å². The van der Waals surface area contributed by atoms with Crippen LogP contribution in [0.5, 0.6) is 0 Å². The Balaban J connectivity index is 2.53. The van der Waals surface area contributed by atoms with Crippen LogP contribution in [0.1, 0.15) is 10.4 Å². The van der Waals surface area contributed by atoms with Gasteiger partial charge in [-0.1, -0.05) is 6.58 Å². The van der Waals surface area contributed by atoms with Crippen molar-refractivity contribution in [2.45, 2.75) is 0 Å². The summed E-state index contributed by atoms with van der Waals surface area (Å²) in [6.07, 6.45) is 2.93. The molecule has 0 atom stereocenters. The summed E-state index contributed by atoms with van der Waals surface area (Å²) in [6, 6.07) is 3.34. The van der Waals surface area contributed by atoms with E-state index in [2.05, 4.69) is 21.9 Å². The van der Waals surface area contributed by atoms with Gasteiger partial charge in [0.15, 0.2) is 5.82 Å². The van der Waals surface area contributed by atoms with Gasteiger partial charge in [0.1, 0.15) is 5.84 Å². The zero-order chi connectivity index (χ0) is 11.5. The van der Waals surface area contributed by atoms with E-state index >= 15 is 0 Å². The summed E-state index contributed by atoms with van der Waals surface area (Å²) in [4.78, 5) is 19.7. The van der Waals surface area contributed by atoms with Crippen molar-refractivity contribution < 1.29 is 4.79 Å². The topological polar surface area (TPSA) is 57.6 Å². The molecule has 1 aliphatic rings. The molecule has 1 N–H and O–H groups in total. The lowest BCUT2D eigenvalue weighted by atomic mass is 10.2. The predicted octanol–water partition coefficient (Wildman–Crippen LogP) is 1.33. The van der Waals surface area contributed by atoms with Crippen LogP contribution in [0, 0.1) is 0 Å². The number of hydrogen-bond acceptors (Lipinski definition) is 3. The smallest absolute Gasteiger partial charge is 0.255 e. The minimum atomic E-state index is -0.219. The molecule has 1 aromatic rings. The molecule has 16 heavy (non-hydrogen) atoms. The number of fused-ring (bicyclic) bond motifs is 1. The molecule has 0 aromatic carbocycles. The minimum Gasteiger partial charge on any atom is -0.345 e. The Kier molecular flexibility index (Phi) is 2.87. The van der Waals surface area contributed by atoms with Gasteiger partial charge in [0, 0.05) is 24.2 Å². The van der Waals surface area contributed by atoms with Crippen molar-refractivity contribution >= 4 is 29.3 Å². The van der Waals surface area contributed by atoms with Gasteiger partial charge >= 0.3 is 0 Å². The van der Waals surface area contributed by atoms with Crippen LogP contribution in [-0.4, -0.2) is 23.3 Å². The summed E-state index contributed by atoms with van der Waals surface area (Å²) in [5, 5.41) is 2.68. The highest BCUT2D eigenvalue weighted by Gasteiger charge is 2.24. The number of anilines is 1. The molecule has 0 saturated heterocycles. The molecule has 0 saturated carbocycles. The number of halogens is 1. The van der Waals surface area contributed by atoms with Crippen LogP contribution >= 0.6 is 11.8 Å². The van der Waals surface area contributed by atoms with Crippen molar-refractivity contribution in [1.82, 2.24) is 10.3 Å². The van der Waals surface area contributed by atoms with Crippen LogP contribution in [-0.2, 0) is 0 Å². The second-order valence-corrected chi connectivity index (χ2v) is 3.40. The van der Waals surface area contributed by atoms with E-state index in [-0.39, 0.29) is 12.5 Å². The molecular formula is C10H9ClN4O. The maximum Gasteiger partial charge on any atom is 0.255 e. The van der Waals surface area contributed by atoms with Crippen molar-refractivity contribution in [2.75, 3.05) is 11.0 Å². The summed E-state index contributed by atoms with van der Waals surface area (Å²) in [6.45, 7) is 3.73. The Morgan fingerprint density at radius 1 is 1.69 bits per heavy atom. The second kappa shape index (κ2) is 4.32. The van der Waals surface area contributed by atoms with Crippen LogP contribution in [0.2, 0.25) is 0 Å². The molecule has 1 aromatic heterocycles. The van der Waals surface area contributed by atoms with Gasteiger partial charge in [-0.2, -0.15) is 0 Å². The van der Waals surface area contributed by atoms with Gasteiger partial charge in [-0.15, -0.1) is 0 Å². The number of rotatable bonds is 1. The van der Waals surface area contributed by atoms with E-state index in [1.807, 2.05) is 0 Å². The molecule has 2 heterocycles. The summed E-state index contributed by atoms with van der Waals surface area (Å²) in [7, 11) is 0. The average molecular weight is 237 g/mol. The molecule has 0 aliphatic carbocycles. The molecule has 2 rings (SSSR count). The highest BCUT2D eigenvalue weighted by molar-refractivity contribution is 6.39. The van der Waals surface area contributed by atoms with Crippen molar-refractivity contribution in [1.29, 1.82) is 0 Å². The molecule has 1 aliphatic heterocycles. The first-order chi connectivity index (χ1) is 7.74. The third kappa shape index (κ3) is 1.77. The molecule has 1 amide bonds. The fourth-order valence-corrected chi connectivity index (χ4v) is 1.62. The Bertz CT molecular complexity index is 472. The highest BCUT2D eigenvalue weighted by Crippen LogP contribution is 2.21. The standard InChI is InChI=1S/C10H9ClN4O/c1-2-12-8-6-14-10(16)7-4-3-5-13-9(7)15(8)11/h2-5H,1,6H2,(H,14,16). The molecule has 0 spiro atoms. The molecule has 82 valence electrons. The zero-order valence-electron chi connectivity index (χ0n) is 8.35. The number of nitrogens with one attached hydrogen (secondary N) is 1. The zero-order valence-corrected chi connectivity index (χ0v) is 9.11. The summed E-state index contributed by atoms with van der Waals surface area (Å²) in [5.41, 5.74) is 0.423. The third-order valence-corrected chi connectivity index (χ3v) is 2.45. The molecule has 0 bridgehead atoms. The van der Waals surface area contributed by atoms with Gasteiger partial charge in [0.05, 0.1) is 12.1 Å². The van der Waals surface area contributed by atoms with E-state index in [1.54, 1.807) is 18.3 Å². The molecule has 6 heteroatoms. The summed E-state index contributed by atoms with van der Waals surface area (Å²) < 4.78 is 1.26. The second-order valence-electron chi connectivity index (χ2n) is 3.07. The Hall–Kier alpha value is -1.88. The monoisotopic (exact) mass is 236 g/mol. The summed E-state index contributed by atoms with van der Waals surface area (Å²) in [5.74, 6) is 0.630. The Morgan fingerprint density at radius 3 is 3.25 bits per heavy atom. The first-order valence-electron chi connectivity index (χ1n) is 4.60. The molecule has 0 fully saturated rings. The van der Waals surface area contributed by atoms with E-state index in [9.17, 15) is 4.79 Å². The number of amidine groups is 1. The van der Waals surface area contributed by atoms with Crippen molar-refractivity contribution in [3.05, 3.63) is 36.7 Å². The highest BCUT2D eigenvalue weighted by atomic mass is 35.5.